The molecule has 1 aliphatic rings. The van der Waals surface area contributed by atoms with Crippen molar-refractivity contribution in [2.24, 2.45) is 0 Å². The molecule has 0 bridgehead atoms. The van der Waals surface area contributed by atoms with Crippen molar-refractivity contribution in [3.63, 3.8) is 0 Å². The van der Waals surface area contributed by atoms with E-state index in [1.54, 1.807) is 7.11 Å². The average Bonchev–Trinajstić information content (AvgIpc) is 2.40. The molecule has 1 nitrogen and oxygen atoms in total. The quantitative estimate of drug-likeness (QED) is 0.726. The number of hydrogen-bond acceptors (Lipinski definition) is 1. The van der Waals surface area contributed by atoms with Gasteiger partial charge in [-0.25, -0.2) is 0 Å². The smallest absolute Gasteiger partial charge is 0.103 e. The van der Waals surface area contributed by atoms with E-state index in [1.165, 1.54) is 11.1 Å². The Bertz CT molecular complexity index is 402. The monoisotopic (exact) mass is 234 g/mol. The molecule has 0 radical (unpaired) electrons. The highest BCUT2D eigenvalue weighted by Crippen LogP contribution is 2.29. The van der Waals surface area contributed by atoms with Gasteiger partial charge in [0.15, 0.2) is 0 Å². The molecule has 0 fully saturated rings. The molecule has 1 aliphatic carbocycles. The minimum absolute atomic E-state index is 0.320. The molecule has 0 N–H and O–H groups in total. The highest BCUT2D eigenvalue weighted by molar-refractivity contribution is 6.18. The molecule has 0 spiro atoms. The van der Waals surface area contributed by atoms with Crippen LogP contribution in [-0.4, -0.2) is 18.6 Å². The molecular weight excluding hydrogens is 220 g/mol. The van der Waals surface area contributed by atoms with Gasteiger partial charge in [-0.1, -0.05) is 48.6 Å². The third kappa shape index (κ3) is 2.21. The first-order valence-corrected chi connectivity index (χ1v) is 5.89. The van der Waals surface area contributed by atoms with Crippen LogP contribution < -0.4 is 0 Å². The molecule has 0 saturated heterocycles. The van der Waals surface area contributed by atoms with Crippen molar-refractivity contribution < 1.29 is 4.74 Å². The Morgan fingerprint density at radius 1 is 1.31 bits per heavy atom. The fourth-order valence-corrected chi connectivity index (χ4v) is 2.12. The number of hydrogen-bond donors (Lipinski definition) is 0. The van der Waals surface area contributed by atoms with Crippen molar-refractivity contribution in [3.8, 4) is 0 Å². The number of halogens is 1. The molecule has 0 aliphatic heterocycles. The second-order valence-electron chi connectivity index (χ2n) is 3.97. The van der Waals surface area contributed by atoms with Gasteiger partial charge in [0.1, 0.15) is 5.60 Å². The molecule has 1 aromatic rings. The molecule has 0 amide bonds. The third-order valence-corrected chi connectivity index (χ3v) is 3.43. The number of ether oxygens (including phenoxy) is 1. The van der Waals surface area contributed by atoms with Crippen LogP contribution in [0.25, 0.3) is 5.57 Å². The summed E-state index contributed by atoms with van der Waals surface area (Å²) in [7, 11) is 1.70. The van der Waals surface area contributed by atoms with Gasteiger partial charge in [-0.15, -0.1) is 11.6 Å². The number of benzene rings is 1. The normalized spacial score (nSPS) is 24.2. The predicted octanol–water partition coefficient (Wildman–Crippen LogP) is 3.65. The summed E-state index contributed by atoms with van der Waals surface area (Å²) < 4.78 is 5.45. The van der Waals surface area contributed by atoms with Crippen molar-refractivity contribution in [1.29, 1.82) is 0 Å². The average molecular weight is 235 g/mol. The first-order valence-electron chi connectivity index (χ1n) is 5.36. The Balaban J connectivity index is 2.20. The Labute approximate surface area is 101 Å². The lowest BCUT2D eigenvalue weighted by molar-refractivity contribution is 0.0538. The van der Waals surface area contributed by atoms with E-state index >= 15 is 0 Å². The van der Waals surface area contributed by atoms with Gasteiger partial charge in [-0.2, -0.15) is 0 Å². The lowest BCUT2D eigenvalue weighted by atomic mass is 9.91. The zero-order valence-corrected chi connectivity index (χ0v) is 10.1. The molecule has 0 heterocycles. The molecule has 0 saturated carbocycles. The van der Waals surface area contributed by atoms with Crippen LogP contribution in [-0.2, 0) is 4.74 Å². The number of alkyl halides is 1. The molecule has 2 heteroatoms. The molecule has 1 unspecified atom stereocenters. The Morgan fingerprint density at radius 3 is 2.56 bits per heavy atom. The SMILES string of the molecule is COC1(CCl)C=CC(c2ccccc2)=CC1. The van der Waals surface area contributed by atoms with E-state index in [9.17, 15) is 0 Å². The first-order chi connectivity index (χ1) is 7.79. The van der Waals surface area contributed by atoms with Crippen molar-refractivity contribution >= 4 is 17.2 Å². The van der Waals surface area contributed by atoms with E-state index < -0.39 is 0 Å². The summed E-state index contributed by atoms with van der Waals surface area (Å²) in [4.78, 5) is 0. The molecule has 16 heavy (non-hydrogen) atoms. The zero-order valence-electron chi connectivity index (χ0n) is 9.32. The van der Waals surface area contributed by atoms with Crippen LogP contribution in [0.4, 0.5) is 0 Å². The maximum atomic E-state index is 5.93. The fourth-order valence-electron chi connectivity index (χ4n) is 1.81. The summed E-state index contributed by atoms with van der Waals surface area (Å²) in [5.74, 6) is 0.485. The standard InChI is InChI=1S/C14H15ClO/c1-16-14(11-15)9-7-13(8-10-14)12-5-3-2-4-6-12/h2-9H,10-11H2,1H3. The summed E-state index contributed by atoms with van der Waals surface area (Å²) in [5.41, 5.74) is 2.15. The van der Waals surface area contributed by atoms with Crippen molar-refractivity contribution in [3.05, 3.63) is 54.1 Å². The second-order valence-corrected chi connectivity index (χ2v) is 4.23. The maximum absolute atomic E-state index is 5.93. The number of allylic oxidation sites excluding steroid dienone is 2. The summed E-state index contributed by atoms with van der Waals surface area (Å²) in [6.07, 6.45) is 7.15. The lowest BCUT2D eigenvalue weighted by Crippen LogP contribution is -2.31. The van der Waals surface area contributed by atoms with E-state index in [0.717, 1.165) is 6.42 Å². The van der Waals surface area contributed by atoms with E-state index in [-0.39, 0.29) is 5.60 Å². The van der Waals surface area contributed by atoms with E-state index in [2.05, 4.69) is 30.4 Å². The maximum Gasteiger partial charge on any atom is 0.103 e. The van der Waals surface area contributed by atoms with Crippen LogP contribution in [0, 0.1) is 0 Å². The molecular formula is C14H15ClO. The minimum Gasteiger partial charge on any atom is -0.373 e. The van der Waals surface area contributed by atoms with Crippen LogP contribution in [0.15, 0.2) is 48.6 Å². The van der Waals surface area contributed by atoms with Gasteiger partial charge in [0.05, 0.1) is 5.88 Å². The highest BCUT2D eigenvalue weighted by Gasteiger charge is 2.26. The first kappa shape index (κ1) is 11.4. The number of rotatable bonds is 3. The van der Waals surface area contributed by atoms with Gasteiger partial charge in [0, 0.05) is 13.5 Å². The topological polar surface area (TPSA) is 9.23 Å². The van der Waals surface area contributed by atoms with E-state index in [4.69, 9.17) is 16.3 Å². The van der Waals surface area contributed by atoms with Crippen molar-refractivity contribution in [1.82, 2.24) is 0 Å². The molecule has 84 valence electrons. The fraction of sp³-hybridized carbons (Fsp3) is 0.286. The second kappa shape index (κ2) is 4.86. The van der Waals surface area contributed by atoms with Gasteiger partial charge >= 0.3 is 0 Å². The Hall–Kier alpha value is -1.05. The van der Waals surface area contributed by atoms with Gasteiger partial charge in [-0.05, 0) is 11.1 Å². The molecule has 0 aromatic heterocycles. The van der Waals surface area contributed by atoms with Gasteiger partial charge < -0.3 is 4.74 Å². The summed E-state index contributed by atoms with van der Waals surface area (Å²) >= 11 is 5.93. The number of methoxy groups -OCH3 is 1. The predicted molar refractivity (Wildman–Crippen MR) is 68.6 cm³/mol. The minimum atomic E-state index is -0.320. The Morgan fingerprint density at radius 2 is 2.06 bits per heavy atom. The molecule has 1 atom stereocenters. The van der Waals surface area contributed by atoms with Crippen LogP contribution in [0.1, 0.15) is 12.0 Å². The van der Waals surface area contributed by atoms with Gasteiger partial charge in [0.25, 0.3) is 0 Å². The molecule has 1 aromatic carbocycles. The van der Waals surface area contributed by atoms with Crippen LogP contribution in [0.2, 0.25) is 0 Å². The van der Waals surface area contributed by atoms with E-state index in [0.29, 0.717) is 5.88 Å². The van der Waals surface area contributed by atoms with Crippen LogP contribution in [0.3, 0.4) is 0 Å². The third-order valence-electron chi connectivity index (χ3n) is 2.97. The van der Waals surface area contributed by atoms with E-state index in [1.807, 2.05) is 18.2 Å². The van der Waals surface area contributed by atoms with Crippen LogP contribution in [0.5, 0.6) is 0 Å². The van der Waals surface area contributed by atoms with Gasteiger partial charge in [0.2, 0.25) is 0 Å². The summed E-state index contributed by atoms with van der Waals surface area (Å²) in [6.45, 7) is 0. The van der Waals surface area contributed by atoms with Gasteiger partial charge in [-0.3, -0.25) is 0 Å². The van der Waals surface area contributed by atoms with Crippen molar-refractivity contribution in [2.45, 2.75) is 12.0 Å². The highest BCUT2D eigenvalue weighted by atomic mass is 35.5. The Kier molecular flexibility index (Phi) is 3.47. The summed E-state index contributed by atoms with van der Waals surface area (Å²) in [5, 5.41) is 0. The summed E-state index contributed by atoms with van der Waals surface area (Å²) in [6, 6.07) is 10.3. The zero-order chi connectivity index (χ0) is 11.4. The van der Waals surface area contributed by atoms with Crippen LogP contribution >= 0.6 is 11.6 Å². The largest absolute Gasteiger partial charge is 0.373 e. The van der Waals surface area contributed by atoms with Crippen molar-refractivity contribution in [2.75, 3.05) is 13.0 Å². The molecule has 2 rings (SSSR count). The lowest BCUT2D eigenvalue weighted by Gasteiger charge is -2.28.